The topological polar surface area (TPSA) is 70.2 Å². The monoisotopic (exact) mass is 375 g/mol. The van der Waals surface area contributed by atoms with E-state index in [1.165, 1.54) is 17.7 Å². The second kappa shape index (κ2) is 8.67. The Balaban J connectivity index is 1.64. The molecule has 0 aliphatic carbocycles. The van der Waals surface area contributed by atoms with Gasteiger partial charge in [0.15, 0.2) is 0 Å². The fourth-order valence-corrected chi connectivity index (χ4v) is 3.26. The van der Waals surface area contributed by atoms with Crippen LogP contribution in [0, 0.1) is 0 Å². The zero-order valence-corrected chi connectivity index (χ0v) is 16.3. The molecule has 0 saturated heterocycles. The molecule has 0 radical (unpaired) electrons. The Morgan fingerprint density at radius 2 is 1.39 bits per heavy atom. The zero-order valence-electron chi connectivity index (χ0n) is 16.3. The molecule has 0 aromatic heterocycles. The first-order chi connectivity index (χ1) is 13.4. The summed E-state index contributed by atoms with van der Waals surface area (Å²) in [6, 6.07) is 21.2. The highest BCUT2D eigenvalue weighted by Crippen LogP contribution is 2.24. The van der Waals surface area contributed by atoms with Gasteiger partial charge in [0.05, 0.1) is 6.04 Å². The third-order valence-electron chi connectivity index (χ3n) is 4.66. The summed E-state index contributed by atoms with van der Waals surface area (Å²) >= 11 is 0. The molecule has 0 aliphatic rings. The predicted octanol–water partition coefficient (Wildman–Crippen LogP) is 4.48. The molecule has 3 N–H and O–H groups in total. The quantitative estimate of drug-likeness (QED) is 0.595. The number of carbonyl (C=O) groups is 2. The fraction of sp³-hybridized carbons (Fsp3) is 0.217. The summed E-state index contributed by atoms with van der Waals surface area (Å²) in [6.45, 7) is 5.37. The van der Waals surface area contributed by atoms with E-state index in [1.807, 2.05) is 25.1 Å². The molecule has 0 fully saturated rings. The number of anilines is 2. The summed E-state index contributed by atoms with van der Waals surface area (Å²) in [6.07, 6.45) is 0. The number of rotatable bonds is 6. The maximum Gasteiger partial charge on any atom is 0.241 e. The minimum Gasteiger partial charge on any atom is -0.326 e. The second-order valence-corrected chi connectivity index (χ2v) is 6.93. The highest BCUT2D eigenvalue weighted by atomic mass is 16.2. The van der Waals surface area contributed by atoms with Gasteiger partial charge in [0, 0.05) is 24.3 Å². The van der Waals surface area contributed by atoms with Gasteiger partial charge < -0.3 is 10.6 Å². The molecule has 144 valence electrons. The molecule has 3 aromatic carbocycles. The van der Waals surface area contributed by atoms with E-state index in [1.54, 1.807) is 24.3 Å². The summed E-state index contributed by atoms with van der Waals surface area (Å²) < 4.78 is 0. The van der Waals surface area contributed by atoms with Crippen LogP contribution in [0.5, 0.6) is 0 Å². The molecule has 0 heterocycles. The Bertz CT molecular complexity index is 977. The standard InChI is InChI=1S/C23H25N3O2/c1-15(21-10-6-8-18-7-4-5-9-22(18)21)24-16(2)23(28)26-20-13-11-19(12-14-20)25-17(3)27/h4-16,24H,1-3H3,(H,25,27)(H,26,28)/t15-,16-/m1/s1. The van der Waals surface area contributed by atoms with Crippen LogP contribution in [0.2, 0.25) is 0 Å². The molecule has 5 heteroatoms. The molecule has 2 amide bonds. The normalized spacial score (nSPS) is 13.0. The summed E-state index contributed by atoms with van der Waals surface area (Å²) in [4.78, 5) is 23.6. The van der Waals surface area contributed by atoms with E-state index in [4.69, 9.17) is 0 Å². The Labute approximate surface area is 165 Å². The molecule has 0 unspecified atom stereocenters. The van der Waals surface area contributed by atoms with Crippen LogP contribution in [0.15, 0.2) is 66.7 Å². The third-order valence-corrected chi connectivity index (χ3v) is 4.66. The Morgan fingerprint density at radius 3 is 2.07 bits per heavy atom. The largest absolute Gasteiger partial charge is 0.326 e. The Hall–Kier alpha value is -3.18. The number of amides is 2. The van der Waals surface area contributed by atoms with Crippen LogP contribution in [0.3, 0.4) is 0 Å². The molecular weight excluding hydrogens is 350 g/mol. The van der Waals surface area contributed by atoms with Gasteiger partial charge in [0.25, 0.3) is 0 Å². The van der Waals surface area contributed by atoms with Gasteiger partial charge in [0.1, 0.15) is 0 Å². The number of fused-ring (bicyclic) bond motifs is 1. The van der Waals surface area contributed by atoms with Gasteiger partial charge in [-0.1, -0.05) is 42.5 Å². The Morgan fingerprint density at radius 1 is 0.786 bits per heavy atom. The lowest BCUT2D eigenvalue weighted by atomic mass is 9.99. The van der Waals surface area contributed by atoms with E-state index in [9.17, 15) is 9.59 Å². The first kappa shape index (κ1) is 19.6. The SMILES string of the molecule is CC(=O)Nc1ccc(NC(=O)[C@@H](C)N[C@H](C)c2cccc3ccccc23)cc1. The van der Waals surface area contributed by atoms with E-state index < -0.39 is 0 Å². The lowest BCUT2D eigenvalue weighted by Crippen LogP contribution is -2.39. The van der Waals surface area contributed by atoms with Crippen molar-refractivity contribution in [1.29, 1.82) is 0 Å². The van der Waals surface area contributed by atoms with Crippen molar-refractivity contribution in [3.05, 3.63) is 72.3 Å². The highest BCUT2D eigenvalue weighted by Gasteiger charge is 2.17. The second-order valence-electron chi connectivity index (χ2n) is 6.93. The Kier molecular flexibility index (Phi) is 6.06. The lowest BCUT2D eigenvalue weighted by molar-refractivity contribution is -0.118. The van der Waals surface area contributed by atoms with Crippen LogP contribution >= 0.6 is 0 Å². The van der Waals surface area contributed by atoms with Crippen LogP contribution in [-0.4, -0.2) is 17.9 Å². The molecule has 3 rings (SSSR count). The van der Waals surface area contributed by atoms with E-state index in [0.717, 1.165) is 5.56 Å². The first-order valence-electron chi connectivity index (χ1n) is 9.36. The highest BCUT2D eigenvalue weighted by molar-refractivity contribution is 5.95. The average Bonchev–Trinajstić information content (AvgIpc) is 2.68. The van der Waals surface area contributed by atoms with Crippen LogP contribution in [0.4, 0.5) is 11.4 Å². The minimum atomic E-state index is -0.371. The maximum atomic E-state index is 12.6. The van der Waals surface area contributed by atoms with Crippen LogP contribution in [0.1, 0.15) is 32.4 Å². The van der Waals surface area contributed by atoms with Crippen LogP contribution in [-0.2, 0) is 9.59 Å². The molecular formula is C23H25N3O2. The summed E-state index contributed by atoms with van der Waals surface area (Å²) in [5.74, 6) is -0.239. The lowest BCUT2D eigenvalue weighted by Gasteiger charge is -2.21. The van der Waals surface area contributed by atoms with Gasteiger partial charge in [-0.25, -0.2) is 0 Å². The summed E-state index contributed by atoms with van der Waals surface area (Å²) in [5, 5.41) is 11.4. The molecule has 5 nitrogen and oxygen atoms in total. The van der Waals surface area contributed by atoms with E-state index in [-0.39, 0.29) is 23.9 Å². The molecule has 0 spiro atoms. The number of carbonyl (C=O) groups excluding carboxylic acids is 2. The van der Waals surface area contributed by atoms with E-state index in [2.05, 4.69) is 47.1 Å². The molecule has 3 aromatic rings. The summed E-state index contributed by atoms with van der Waals surface area (Å²) in [5.41, 5.74) is 2.55. The van der Waals surface area contributed by atoms with Gasteiger partial charge in [-0.15, -0.1) is 0 Å². The van der Waals surface area contributed by atoms with Crippen LogP contribution in [0.25, 0.3) is 10.8 Å². The molecule has 28 heavy (non-hydrogen) atoms. The van der Waals surface area contributed by atoms with Gasteiger partial charge in [-0.2, -0.15) is 0 Å². The number of hydrogen-bond acceptors (Lipinski definition) is 3. The van der Waals surface area contributed by atoms with Crippen molar-refractivity contribution < 1.29 is 9.59 Å². The van der Waals surface area contributed by atoms with Crippen molar-refractivity contribution in [2.45, 2.75) is 32.9 Å². The van der Waals surface area contributed by atoms with E-state index in [0.29, 0.717) is 11.4 Å². The van der Waals surface area contributed by atoms with Gasteiger partial charge in [0.2, 0.25) is 11.8 Å². The molecule has 0 aliphatic heterocycles. The number of benzene rings is 3. The van der Waals surface area contributed by atoms with Crippen molar-refractivity contribution in [3.8, 4) is 0 Å². The molecule has 0 saturated carbocycles. The minimum absolute atomic E-state index is 0.0222. The maximum absolute atomic E-state index is 12.6. The van der Waals surface area contributed by atoms with Crippen molar-refractivity contribution >= 4 is 34.0 Å². The average molecular weight is 375 g/mol. The van der Waals surface area contributed by atoms with Gasteiger partial charge >= 0.3 is 0 Å². The fourth-order valence-electron chi connectivity index (χ4n) is 3.26. The smallest absolute Gasteiger partial charge is 0.241 e. The third kappa shape index (κ3) is 4.75. The van der Waals surface area contributed by atoms with E-state index >= 15 is 0 Å². The zero-order chi connectivity index (χ0) is 20.1. The predicted molar refractivity (Wildman–Crippen MR) is 114 cm³/mol. The summed E-state index contributed by atoms with van der Waals surface area (Å²) in [7, 11) is 0. The van der Waals surface area contributed by atoms with Crippen molar-refractivity contribution in [2.75, 3.05) is 10.6 Å². The molecule has 0 bridgehead atoms. The van der Waals surface area contributed by atoms with Crippen molar-refractivity contribution in [3.63, 3.8) is 0 Å². The van der Waals surface area contributed by atoms with Crippen molar-refractivity contribution in [2.24, 2.45) is 0 Å². The van der Waals surface area contributed by atoms with Crippen molar-refractivity contribution in [1.82, 2.24) is 5.32 Å². The number of nitrogens with one attached hydrogen (secondary N) is 3. The first-order valence-corrected chi connectivity index (χ1v) is 9.36. The van der Waals surface area contributed by atoms with Crippen LogP contribution < -0.4 is 16.0 Å². The molecule has 2 atom stereocenters. The van der Waals surface area contributed by atoms with Gasteiger partial charge in [-0.05, 0) is 54.4 Å². The van der Waals surface area contributed by atoms with Gasteiger partial charge in [-0.3, -0.25) is 14.9 Å². The number of hydrogen-bond donors (Lipinski definition) is 3.